The third-order valence-electron chi connectivity index (χ3n) is 6.95. The molecule has 2 aromatic carbocycles. The first-order valence-corrected chi connectivity index (χ1v) is 15.0. The topological polar surface area (TPSA) is 105 Å². The summed E-state index contributed by atoms with van der Waals surface area (Å²) in [6, 6.07) is 13.5. The number of hydrogen-bond acceptors (Lipinski definition) is 8. The van der Waals surface area contributed by atoms with Crippen LogP contribution >= 0.6 is 11.3 Å². The molecule has 3 heterocycles. The quantitative estimate of drug-likeness (QED) is 0.320. The SMILES string of the molecule is CC[C@@H]1CCCN(c2c(NC(=O)c3csc(-c4ccnnc4)n3)ccc(S(=O)(=O)c3ccccc3)c2C)C1. The van der Waals surface area contributed by atoms with Gasteiger partial charge in [-0.25, -0.2) is 13.4 Å². The highest BCUT2D eigenvalue weighted by Gasteiger charge is 2.28. The molecule has 1 aliphatic rings. The first-order valence-electron chi connectivity index (χ1n) is 12.6. The van der Waals surface area contributed by atoms with Crippen molar-refractivity contribution in [2.24, 2.45) is 5.92 Å². The number of nitrogens with zero attached hydrogens (tertiary/aromatic N) is 4. The van der Waals surface area contributed by atoms with E-state index in [1.54, 1.807) is 66.3 Å². The Morgan fingerprint density at radius 2 is 1.95 bits per heavy atom. The van der Waals surface area contributed by atoms with Gasteiger partial charge in [-0.2, -0.15) is 10.2 Å². The van der Waals surface area contributed by atoms with Crippen molar-refractivity contribution in [1.82, 2.24) is 15.2 Å². The zero-order chi connectivity index (χ0) is 26.7. The molecule has 0 spiro atoms. The number of carbonyl (C=O) groups excluding carboxylic acids is 1. The lowest BCUT2D eigenvalue weighted by Gasteiger charge is -2.36. The molecule has 1 amide bonds. The molecule has 0 unspecified atom stereocenters. The molecule has 4 aromatic rings. The Bertz CT molecular complexity index is 1540. The molecule has 1 saturated heterocycles. The van der Waals surface area contributed by atoms with Crippen LogP contribution < -0.4 is 10.2 Å². The Hall–Kier alpha value is -3.63. The third kappa shape index (κ3) is 5.19. The summed E-state index contributed by atoms with van der Waals surface area (Å²) in [6.07, 6.45) is 6.38. The van der Waals surface area contributed by atoms with Gasteiger partial charge < -0.3 is 10.2 Å². The van der Waals surface area contributed by atoms with Gasteiger partial charge in [0, 0.05) is 24.0 Å². The summed E-state index contributed by atoms with van der Waals surface area (Å²) in [4.78, 5) is 20.5. The molecule has 0 saturated carbocycles. The van der Waals surface area contributed by atoms with Gasteiger partial charge in [0.1, 0.15) is 10.7 Å². The molecule has 38 heavy (non-hydrogen) atoms. The third-order valence-corrected chi connectivity index (χ3v) is 9.76. The van der Waals surface area contributed by atoms with Crippen molar-refractivity contribution in [2.45, 2.75) is 42.9 Å². The summed E-state index contributed by atoms with van der Waals surface area (Å²) in [7, 11) is -3.74. The second-order valence-electron chi connectivity index (χ2n) is 9.39. The van der Waals surface area contributed by atoms with Gasteiger partial charge in [0.2, 0.25) is 9.84 Å². The van der Waals surface area contributed by atoms with Crippen LogP contribution in [-0.4, -0.2) is 42.6 Å². The number of amides is 1. The number of hydrogen-bond donors (Lipinski definition) is 1. The number of benzene rings is 2. The van der Waals surface area contributed by atoms with E-state index < -0.39 is 9.84 Å². The molecule has 1 aliphatic heterocycles. The van der Waals surface area contributed by atoms with Gasteiger partial charge in [-0.1, -0.05) is 31.5 Å². The van der Waals surface area contributed by atoms with E-state index in [1.807, 2.05) is 6.92 Å². The predicted molar refractivity (Wildman–Crippen MR) is 149 cm³/mol. The first-order chi connectivity index (χ1) is 18.4. The molecule has 1 atom stereocenters. The molecule has 8 nitrogen and oxygen atoms in total. The van der Waals surface area contributed by atoms with E-state index in [0.29, 0.717) is 22.2 Å². The minimum absolute atomic E-state index is 0.247. The van der Waals surface area contributed by atoms with Gasteiger partial charge >= 0.3 is 0 Å². The number of sulfone groups is 1. The average molecular weight is 548 g/mol. The van der Waals surface area contributed by atoms with E-state index in [4.69, 9.17) is 0 Å². The summed E-state index contributed by atoms with van der Waals surface area (Å²) < 4.78 is 27.2. The number of nitrogens with one attached hydrogen (secondary N) is 1. The Kier molecular flexibility index (Phi) is 7.53. The van der Waals surface area contributed by atoms with Crippen molar-refractivity contribution >= 4 is 38.5 Å². The highest BCUT2D eigenvalue weighted by Crippen LogP contribution is 2.39. The lowest BCUT2D eigenvalue weighted by atomic mass is 9.94. The minimum atomic E-state index is -3.74. The van der Waals surface area contributed by atoms with Crippen LogP contribution in [-0.2, 0) is 9.84 Å². The lowest BCUT2D eigenvalue weighted by molar-refractivity contribution is 0.102. The molecule has 2 aromatic heterocycles. The second kappa shape index (κ2) is 11.0. The largest absolute Gasteiger partial charge is 0.369 e. The molecule has 0 radical (unpaired) electrons. The summed E-state index contributed by atoms with van der Waals surface area (Å²) in [5.74, 6) is 0.161. The average Bonchev–Trinajstić information content (AvgIpc) is 3.45. The molecule has 5 rings (SSSR count). The summed E-state index contributed by atoms with van der Waals surface area (Å²) in [5.41, 5.74) is 3.04. The smallest absolute Gasteiger partial charge is 0.275 e. The van der Waals surface area contributed by atoms with Gasteiger partial charge in [-0.15, -0.1) is 11.3 Å². The van der Waals surface area contributed by atoms with E-state index in [-0.39, 0.29) is 21.4 Å². The summed E-state index contributed by atoms with van der Waals surface area (Å²) >= 11 is 1.35. The van der Waals surface area contributed by atoms with E-state index in [2.05, 4.69) is 32.3 Å². The highest BCUT2D eigenvalue weighted by atomic mass is 32.2. The summed E-state index contributed by atoms with van der Waals surface area (Å²) in [5, 5.41) is 13.1. The number of aromatic nitrogens is 3. The first kappa shape index (κ1) is 26.0. The van der Waals surface area contributed by atoms with Crippen LogP contribution in [0, 0.1) is 12.8 Å². The fraction of sp³-hybridized carbons (Fsp3) is 0.286. The zero-order valence-corrected chi connectivity index (χ0v) is 22.9. The predicted octanol–water partition coefficient (Wildman–Crippen LogP) is 5.62. The van der Waals surface area contributed by atoms with Gasteiger partial charge in [0.05, 0.1) is 33.6 Å². The molecule has 0 bridgehead atoms. The minimum Gasteiger partial charge on any atom is -0.369 e. The van der Waals surface area contributed by atoms with Crippen molar-refractivity contribution < 1.29 is 13.2 Å². The van der Waals surface area contributed by atoms with E-state index in [1.165, 1.54) is 11.3 Å². The van der Waals surface area contributed by atoms with Crippen molar-refractivity contribution in [3.05, 3.63) is 77.6 Å². The molecular weight excluding hydrogens is 518 g/mol. The lowest BCUT2D eigenvalue weighted by Crippen LogP contribution is -2.36. The maximum absolute atomic E-state index is 13.6. The van der Waals surface area contributed by atoms with Gasteiger partial charge in [0.15, 0.2) is 0 Å². The fourth-order valence-corrected chi connectivity index (χ4v) is 7.23. The zero-order valence-electron chi connectivity index (χ0n) is 21.3. The van der Waals surface area contributed by atoms with Crippen LogP contribution in [0.25, 0.3) is 10.6 Å². The van der Waals surface area contributed by atoms with Crippen molar-refractivity contribution in [1.29, 1.82) is 0 Å². The van der Waals surface area contributed by atoms with E-state index in [9.17, 15) is 13.2 Å². The Morgan fingerprint density at radius 3 is 2.68 bits per heavy atom. The molecule has 1 fully saturated rings. The summed E-state index contributed by atoms with van der Waals surface area (Å²) in [6.45, 7) is 5.61. The van der Waals surface area contributed by atoms with Crippen LogP contribution in [0.15, 0.2) is 76.1 Å². The van der Waals surface area contributed by atoms with Crippen LogP contribution in [0.5, 0.6) is 0 Å². The molecule has 0 aliphatic carbocycles. The van der Waals surface area contributed by atoms with Crippen LogP contribution in [0.1, 0.15) is 42.2 Å². The van der Waals surface area contributed by atoms with E-state index in [0.717, 1.165) is 43.6 Å². The molecule has 1 N–H and O–H groups in total. The van der Waals surface area contributed by atoms with Gasteiger partial charge in [-0.05, 0) is 61.6 Å². The maximum atomic E-state index is 13.6. The molecule has 10 heteroatoms. The monoisotopic (exact) mass is 547 g/mol. The van der Waals surface area contributed by atoms with Gasteiger partial charge in [0.25, 0.3) is 5.91 Å². The van der Waals surface area contributed by atoms with Crippen molar-refractivity contribution in [3.63, 3.8) is 0 Å². The van der Waals surface area contributed by atoms with Crippen molar-refractivity contribution in [3.8, 4) is 10.6 Å². The van der Waals surface area contributed by atoms with Crippen molar-refractivity contribution in [2.75, 3.05) is 23.3 Å². The maximum Gasteiger partial charge on any atom is 0.275 e. The molecular formula is C28H29N5O3S2. The van der Waals surface area contributed by atoms with Crippen LogP contribution in [0.2, 0.25) is 0 Å². The fourth-order valence-electron chi connectivity index (χ4n) is 4.92. The van der Waals surface area contributed by atoms with Gasteiger partial charge in [-0.3, -0.25) is 4.79 Å². The Morgan fingerprint density at radius 1 is 1.13 bits per heavy atom. The van der Waals surface area contributed by atoms with E-state index >= 15 is 0 Å². The Balaban J connectivity index is 1.53. The number of thiazole rings is 1. The number of anilines is 2. The number of piperidine rings is 1. The highest BCUT2D eigenvalue weighted by molar-refractivity contribution is 7.91. The number of carbonyl (C=O) groups is 1. The second-order valence-corrected chi connectivity index (χ2v) is 12.2. The van der Waals surface area contributed by atoms with Crippen LogP contribution in [0.3, 0.4) is 0 Å². The standard InChI is InChI=1S/C28H29N5O3S2/c1-3-20-8-7-15-33(17-20)26-19(2)25(38(35,36)22-9-5-4-6-10-22)12-11-23(26)31-27(34)24-18-37-28(32-24)21-13-14-29-30-16-21/h4-6,9-14,16,18,20H,3,7-8,15,17H2,1-2H3,(H,31,34)/t20-/m1/s1. The van der Waals surface area contributed by atoms with Crippen LogP contribution in [0.4, 0.5) is 11.4 Å². The number of rotatable bonds is 7. The Labute approximate surface area is 226 Å². The normalized spacial score (nSPS) is 15.8. The molecule has 196 valence electrons.